The third-order valence-corrected chi connectivity index (χ3v) is 1.69. The third-order valence-electron chi connectivity index (χ3n) is 1.69. The van der Waals surface area contributed by atoms with Crippen LogP contribution in [0.5, 0.6) is 0 Å². The van der Waals surface area contributed by atoms with Gasteiger partial charge in [0, 0.05) is 13.3 Å². The number of carbonyl (C=O) groups is 2. The first-order chi connectivity index (χ1) is 5.66. The molecule has 0 aromatic carbocycles. The first-order valence-electron chi connectivity index (χ1n) is 4.23. The highest BCUT2D eigenvalue weighted by atomic mass is 16.5. The van der Waals surface area contributed by atoms with Crippen molar-refractivity contribution in [2.45, 2.75) is 33.1 Å². The number of aldehydes is 1. The van der Waals surface area contributed by atoms with Crippen molar-refractivity contribution in [3.05, 3.63) is 0 Å². The van der Waals surface area contributed by atoms with Gasteiger partial charge in [-0.15, -0.1) is 0 Å². The van der Waals surface area contributed by atoms with E-state index in [1.807, 2.05) is 6.92 Å². The normalized spacial score (nSPS) is 12.2. The van der Waals surface area contributed by atoms with E-state index in [4.69, 9.17) is 4.74 Å². The molecule has 0 aromatic rings. The van der Waals surface area contributed by atoms with Gasteiger partial charge in [0.25, 0.3) is 0 Å². The minimum absolute atomic E-state index is 0.238. The molecule has 0 heterocycles. The van der Waals surface area contributed by atoms with Crippen molar-refractivity contribution < 1.29 is 14.3 Å². The lowest BCUT2D eigenvalue weighted by Gasteiger charge is -2.08. The molecule has 12 heavy (non-hydrogen) atoms. The second-order valence-corrected chi connectivity index (χ2v) is 2.98. The predicted octanol–water partition coefficient (Wildman–Crippen LogP) is 1.55. The number of carbonyl (C=O) groups excluding carboxylic acids is 2. The molecule has 0 radical (unpaired) electrons. The van der Waals surface area contributed by atoms with Crippen LogP contribution in [-0.4, -0.2) is 18.9 Å². The Labute approximate surface area is 73.1 Å². The minimum Gasteiger partial charge on any atom is -0.466 e. The Morgan fingerprint density at radius 1 is 1.50 bits per heavy atom. The minimum atomic E-state index is -0.238. The van der Waals surface area contributed by atoms with E-state index in [1.54, 1.807) is 0 Å². The van der Waals surface area contributed by atoms with Gasteiger partial charge in [0.05, 0.1) is 6.61 Å². The Bertz CT molecular complexity index is 143. The van der Waals surface area contributed by atoms with Crippen LogP contribution in [0.1, 0.15) is 33.1 Å². The molecule has 0 bridgehead atoms. The fraction of sp³-hybridized carbons (Fsp3) is 0.778. The number of hydrogen-bond acceptors (Lipinski definition) is 3. The van der Waals surface area contributed by atoms with Crippen LogP contribution < -0.4 is 0 Å². The van der Waals surface area contributed by atoms with E-state index in [0.29, 0.717) is 18.9 Å². The largest absolute Gasteiger partial charge is 0.466 e. The molecule has 0 saturated carbocycles. The molecule has 1 atom stereocenters. The van der Waals surface area contributed by atoms with Gasteiger partial charge in [-0.1, -0.05) is 6.92 Å². The van der Waals surface area contributed by atoms with Gasteiger partial charge < -0.3 is 9.53 Å². The van der Waals surface area contributed by atoms with Gasteiger partial charge in [-0.25, -0.2) is 0 Å². The smallest absolute Gasteiger partial charge is 0.302 e. The van der Waals surface area contributed by atoms with Crippen LogP contribution in [0.4, 0.5) is 0 Å². The van der Waals surface area contributed by atoms with E-state index >= 15 is 0 Å². The van der Waals surface area contributed by atoms with Crippen molar-refractivity contribution in [1.82, 2.24) is 0 Å². The Hall–Kier alpha value is -0.860. The molecule has 0 aliphatic rings. The summed E-state index contributed by atoms with van der Waals surface area (Å²) in [7, 11) is 0. The lowest BCUT2D eigenvalue weighted by atomic mass is 10.0. The van der Waals surface area contributed by atoms with Gasteiger partial charge in [0.1, 0.15) is 6.29 Å². The molecule has 70 valence electrons. The van der Waals surface area contributed by atoms with Crippen molar-refractivity contribution in [1.29, 1.82) is 0 Å². The van der Waals surface area contributed by atoms with Gasteiger partial charge in [-0.05, 0) is 18.8 Å². The van der Waals surface area contributed by atoms with Crippen LogP contribution >= 0.6 is 0 Å². The molecule has 0 aromatic heterocycles. The van der Waals surface area contributed by atoms with Gasteiger partial charge in [0.2, 0.25) is 0 Å². The monoisotopic (exact) mass is 172 g/mol. The molecule has 3 nitrogen and oxygen atoms in total. The lowest BCUT2D eigenvalue weighted by molar-refractivity contribution is -0.141. The van der Waals surface area contributed by atoms with Crippen molar-refractivity contribution in [2.75, 3.05) is 6.61 Å². The number of esters is 1. The van der Waals surface area contributed by atoms with E-state index in [1.165, 1.54) is 6.92 Å². The first kappa shape index (κ1) is 11.1. The first-order valence-corrected chi connectivity index (χ1v) is 4.23. The van der Waals surface area contributed by atoms with Crippen molar-refractivity contribution in [2.24, 2.45) is 5.92 Å². The molecule has 0 rings (SSSR count). The Morgan fingerprint density at radius 2 is 2.17 bits per heavy atom. The molecule has 3 heteroatoms. The summed E-state index contributed by atoms with van der Waals surface area (Å²) in [6, 6.07) is 0. The summed E-state index contributed by atoms with van der Waals surface area (Å²) < 4.78 is 4.77. The standard InChI is InChI=1S/C9H16O3/c1-8(4-3-6-10)5-7-12-9(2)11/h6,8H,3-5,7H2,1-2H3/t8-/m0/s1. The van der Waals surface area contributed by atoms with Crippen molar-refractivity contribution >= 4 is 12.3 Å². The zero-order valence-electron chi connectivity index (χ0n) is 7.71. The molecule has 0 aliphatic heterocycles. The summed E-state index contributed by atoms with van der Waals surface area (Å²) >= 11 is 0. The number of hydrogen-bond donors (Lipinski definition) is 0. The molecular formula is C9H16O3. The van der Waals surface area contributed by atoms with Crippen LogP contribution in [0.2, 0.25) is 0 Å². The average molecular weight is 172 g/mol. The molecule has 0 aliphatic carbocycles. The van der Waals surface area contributed by atoms with Gasteiger partial charge >= 0.3 is 5.97 Å². The van der Waals surface area contributed by atoms with Gasteiger partial charge in [-0.3, -0.25) is 4.79 Å². The second kappa shape index (κ2) is 6.83. The molecular weight excluding hydrogens is 156 g/mol. The van der Waals surface area contributed by atoms with E-state index in [0.717, 1.165) is 19.1 Å². The Kier molecular flexibility index (Phi) is 6.34. The molecule has 0 unspecified atom stereocenters. The van der Waals surface area contributed by atoms with E-state index < -0.39 is 0 Å². The fourth-order valence-electron chi connectivity index (χ4n) is 0.901. The van der Waals surface area contributed by atoms with Gasteiger partial charge in [0.15, 0.2) is 0 Å². The summed E-state index contributed by atoms with van der Waals surface area (Å²) in [5.41, 5.74) is 0. The fourth-order valence-corrected chi connectivity index (χ4v) is 0.901. The highest BCUT2D eigenvalue weighted by molar-refractivity contribution is 5.65. The maximum absolute atomic E-state index is 10.4. The van der Waals surface area contributed by atoms with Crippen LogP contribution in [0, 0.1) is 5.92 Å². The summed E-state index contributed by atoms with van der Waals surface area (Å²) in [5.74, 6) is 0.215. The lowest BCUT2D eigenvalue weighted by Crippen LogP contribution is -2.05. The Balaban J connectivity index is 3.24. The maximum Gasteiger partial charge on any atom is 0.302 e. The number of ether oxygens (including phenoxy) is 1. The predicted molar refractivity (Wildman–Crippen MR) is 45.7 cm³/mol. The average Bonchev–Trinajstić information content (AvgIpc) is 2.00. The molecule has 0 saturated heterocycles. The molecule has 0 fully saturated rings. The molecule has 0 N–H and O–H groups in total. The zero-order chi connectivity index (χ0) is 9.40. The van der Waals surface area contributed by atoms with Crippen LogP contribution in [-0.2, 0) is 14.3 Å². The Morgan fingerprint density at radius 3 is 2.67 bits per heavy atom. The third kappa shape index (κ3) is 7.25. The van der Waals surface area contributed by atoms with Gasteiger partial charge in [-0.2, -0.15) is 0 Å². The summed E-state index contributed by atoms with van der Waals surface area (Å²) in [4.78, 5) is 20.4. The highest BCUT2D eigenvalue weighted by Crippen LogP contribution is 2.08. The molecule has 0 spiro atoms. The van der Waals surface area contributed by atoms with Crippen LogP contribution in [0.15, 0.2) is 0 Å². The van der Waals surface area contributed by atoms with E-state index in [2.05, 4.69) is 0 Å². The summed E-state index contributed by atoms with van der Waals surface area (Å²) in [6.45, 7) is 3.92. The second-order valence-electron chi connectivity index (χ2n) is 2.98. The van der Waals surface area contributed by atoms with Crippen molar-refractivity contribution in [3.63, 3.8) is 0 Å². The van der Waals surface area contributed by atoms with E-state index in [9.17, 15) is 9.59 Å². The summed E-state index contributed by atoms with van der Waals surface area (Å²) in [5, 5.41) is 0. The zero-order valence-corrected chi connectivity index (χ0v) is 7.71. The highest BCUT2D eigenvalue weighted by Gasteiger charge is 2.02. The maximum atomic E-state index is 10.4. The number of rotatable bonds is 6. The van der Waals surface area contributed by atoms with E-state index in [-0.39, 0.29) is 5.97 Å². The quantitative estimate of drug-likeness (QED) is 0.451. The van der Waals surface area contributed by atoms with Crippen LogP contribution in [0.25, 0.3) is 0 Å². The van der Waals surface area contributed by atoms with Crippen molar-refractivity contribution in [3.8, 4) is 0 Å². The molecule has 0 amide bonds. The topological polar surface area (TPSA) is 43.4 Å². The SMILES string of the molecule is CC(=O)OCC[C@@H](C)CCC=O. The van der Waals surface area contributed by atoms with Crippen LogP contribution in [0.3, 0.4) is 0 Å². The summed E-state index contributed by atoms with van der Waals surface area (Å²) in [6.07, 6.45) is 3.24.